The van der Waals surface area contributed by atoms with Crippen LogP contribution in [0.25, 0.3) is 0 Å². The normalized spacial score (nSPS) is 25.6. The van der Waals surface area contributed by atoms with Crippen molar-refractivity contribution in [2.45, 2.75) is 96.0 Å². The number of allylic oxidation sites excluding steroid dienone is 1. The van der Waals surface area contributed by atoms with E-state index in [1.54, 1.807) is 4.90 Å². The number of amides is 1. The van der Waals surface area contributed by atoms with E-state index in [0.717, 1.165) is 36.8 Å². The highest BCUT2D eigenvalue weighted by Crippen LogP contribution is 2.40. The summed E-state index contributed by atoms with van der Waals surface area (Å²) in [6, 6.07) is 19.7. The monoisotopic (exact) mass is 547 g/mol. The van der Waals surface area contributed by atoms with Crippen molar-refractivity contribution in [3.8, 4) is 0 Å². The first kappa shape index (κ1) is 28.9. The standard InChI is InChI=1S/C32H42BNO6/c1-31(2)32(3,4)40-33(39-31)26-15-17-27(18-16-26)36-23-28-29(37-21-24-11-7-5-8-12-24)19-20-34(28)30(35)38-22-25-13-9-6-10-14-25/h5-15,27-29H,16-23H2,1-4H3/t27?,28-,29+/m0/s1. The van der Waals surface area contributed by atoms with Crippen LogP contribution in [0, 0.1) is 0 Å². The first-order valence-electron chi connectivity index (χ1n) is 14.5. The second-order valence-corrected chi connectivity index (χ2v) is 12.0. The van der Waals surface area contributed by atoms with Gasteiger partial charge in [0.1, 0.15) is 6.61 Å². The van der Waals surface area contributed by atoms with Gasteiger partial charge in [-0.3, -0.25) is 0 Å². The van der Waals surface area contributed by atoms with E-state index >= 15 is 0 Å². The fourth-order valence-electron chi connectivity index (χ4n) is 5.45. The molecule has 7 nitrogen and oxygen atoms in total. The van der Waals surface area contributed by atoms with Crippen LogP contribution in [0.4, 0.5) is 4.79 Å². The second-order valence-electron chi connectivity index (χ2n) is 12.0. The van der Waals surface area contributed by atoms with Gasteiger partial charge < -0.3 is 28.4 Å². The Morgan fingerprint density at radius 1 is 0.900 bits per heavy atom. The summed E-state index contributed by atoms with van der Waals surface area (Å²) in [5.74, 6) is 0. The number of hydrogen-bond acceptors (Lipinski definition) is 6. The van der Waals surface area contributed by atoms with Gasteiger partial charge in [-0.25, -0.2) is 4.79 Å². The molecule has 8 heteroatoms. The van der Waals surface area contributed by atoms with Gasteiger partial charge in [0.05, 0.1) is 42.7 Å². The summed E-state index contributed by atoms with van der Waals surface area (Å²) in [4.78, 5) is 14.9. The lowest BCUT2D eigenvalue weighted by molar-refractivity contribution is -0.0400. The molecule has 3 atom stereocenters. The topological polar surface area (TPSA) is 66.5 Å². The summed E-state index contributed by atoms with van der Waals surface area (Å²) in [5.41, 5.74) is 2.57. The van der Waals surface area contributed by atoms with Crippen LogP contribution in [0.5, 0.6) is 0 Å². The van der Waals surface area contributed by atoms with Crippen LogP contribution in [0.3, 0.4) is 0 Å². The highest BCUT2D eigenvalue weighted by Gasteiger charge is 2.52. The molecule has 0 N–H and O–H groups in total. The Morgan fingerprint density at radius 3 is 2.12 bits per heavy atom. The molecule has 1 amide bonds. The zero-order valence-corrected chi connectivity index (χ0v) is 24.2. The van der Waals surface area contributed by atoms with Gasteiger partial charge in [-0.15, -0.1) is 0 Å². The van der Waals surface area contributed by atoms with Crippen molar-refractivity contribution in [3.63, 3.8) is 0 Å². The number of hydrogen-bond donors (Lipinski definition) is 0. The molecule has 2 heterocycles. The average molecular weight is 548 g/mol. The molecule has 5 rings (SSSR count). The average Bonchev–Trinajstić information content (AvgIpc) is 3.46. The van der Waals surface area contributed by atoms with Crippen molar-refractivity contribution >= 4 is 13.2 Å². The lowest BCUT2D eigenvalue weighted by Crippen LogP contribution is -2.44. The van der Waals surface area contributed by atoms with Crippen LogP contribution in [0.2, 0.25) is 0 Å². The molecule has 0 spiro atoms. The van der Waals surface area contributed by atoms with Crippen molar-refractivity contribution in [1.82, 2.24) is 4.90 Å². The Labute approximate surface area is 238 Å². The van der Waals surface area contributed by atoms with Crippen LogP contribution in [0.15, 0.2) is 72.2 Å². The van der Waals surface area contributed by atoms with Crippen LogP contribution >= 0.6 is 0 Å². The fourth-order valence-corrected chi connectivity index (χ4v) is 5.45. The van der Waals surface area contributed by atoms with Crippen molar-refractivity contribution < 1.29 is 28.3 Å². The Balaban J connectivity index is 1.19. The van der Waals surface area contributed by atoms with Gasteiger partial charge in [0, 0.05) is 6.54 Å². The quantitative estimate of drug-likeness (QED) is 0.353. The molecule has 214 valence electrons. The summed E-state index contributed by atoms with van der Waals surface area (Å²) >= 11 is 0. The van der Waals surface area contributed by atoms with Crippen molar-refractivity contribution in [3.05, 3.63) is 83.3 Å². The molecule has 2 fully saturated rings. The van der Waals surface area contributed by atoms with E-state index in [1.807, 2.05) is 48.5 Å². The van der Waals surface area contributed by atoms with Crippen LogP contribution in [0.1, 0.15) is 64.5 Å². The lowest BCUT2D eigenvalue weighted by Gasteiger charge is -2.32. The first-order chi connectivity index (χ1) is 19.2. The van der Waals surface area contributed by atoms with Crippen molar-refractivity contribution in [2.24, 2.45) is 0 Å². The molecule has 0 aromatic heterocycles. The summed E-state index contributed by atoms with van der Waals surface area (Å²) in [6.07, 6.45) is 5.13. The predicted molar refractivity (Wildman–Crippen MR) is 155 cm³/mol. The smallest absolute Gasteiger partial charge is 0.445 e. The number of benzene rings is 2. The van der Waals surface area contributed by atoms with E-state index in [4.69, 9.17) is 23.5 Å². The SMILES string of the molecule is CC1(C)OB(C2=CCC(OC[C@H]3[C@H](OCc4ccccc4)CCN3C(=O)OCc3ccccc3)CC2)OC1(C)C. The van der Waals surface area contributed by atoms with Crippen LogP contribution < -0.4 is 0 Å². The Morgan fingerprint density at radius 2 is 1.52 bits per heavy atom. The molecule has 2 aromatic rings. The molecule has 3 aliphatic rings. The van der Waals surface area contributed by atoms with Gasteiger partial charge >= 0.3 is 13.2 Å². The summed E-state index contributed by atoms with van der Waals surface area (Å²) in [6.45, 7) is 10.1. The molecule has 1 unspecified atom stereocenters. The number of rotatable bonds is 9. The summed E-state index contributed by atoms with van der Waals surface area (Å²) < 4.78 is 30.9. The van der Waals surface area contributed by atoms with E-state index in [2.05, 4.69) is 45.9 Å². The number of likely N-dealkylation sites (tertiary alicyclic amines) is 1. The van der Waals surface area contributed by atoms with Gasteiger partial charge in [0.25, 0.3) is 0 Å². The molecule has 1 aliphatic carbocycles. The van der Waals surface area contributed by atoms with Gasteiger partial charge in [0.2, 0.25) is 0 Å². The number of nitrogens with zero attached hydrogens (tertiary/aromatic N) is 1. The van der Waals surface area contributed by atoms with Gasteiger partial charge in [0.15, 0.2) is 0 Å². The van der Waals surface area contributed by atoms with Gasteiger partial charge in [-0.2, -0.15) is 0 Å². The molecular formula is C32H42BNO6. The lowest BCUT2D eigenvalue weighted by atomic mass is 9.72. The first-order valence-corrected chi connectivity index (χ1v) is 14.5. The van der Waals surface area contributed by atoms with E-state index in [9.17, 15) is 4.79 Å². The largest absolute Gasteiger partial charge is 0.490 e. The molecule has 40 heavy (non-hydrogen) atoms. The maximum absolute atomic E-state index is 13.2. The Hall–Kier alpha value is -2.65. The summed E-state index contributed by atoms with van der Waals surface area (Å²) in [7, 11) is -0.300. The second kappa shape index (κ2) is 12.5. The van der Waals surface area contributed by atoms with Crippen LogP contribution in [-0.2, 0) is 36.7 Å². The third-order valence-corrected chi connectivity index (χ3v) is 8.69. The highest BCUT2D eigenvalue weighted by atomic mass is 16.7. The zero-order chi connectivity index (χ0) is 28.2. The minimum absolute atomic E-state index is 0.0729. The van der Waals surface area contributed by atoms with E-state index in [1.165, 1.54) is 5.47 Å². The molecule has 0 saturated carbocycles. The minimum atomic E-state index is -0.346. The van der Waals surface area contributed by atoms with Crippen molar-refractivity contribution in [2.75, 3.05) is 13.2 Å². The summed E-state index contributed by atoms with van der Waals surface area (Å²) in [5, 5.41) is 0. The molecule has 0 radical (unpaired) electrons. The highest BCUT2D eigenvalue weighted by molar-refractivity contribution is 6.54. The molecule has 2 aliphatic heterocycles. The van der Waals surface area contributed by atoms with Crippen molar-refractivity contribution in [1.29, 1.82) is 0 Å². The zero-order valence-electron chi connectivity index (χ0n) is 24.2. The third-order valence-electron chi connectivity index (χ3n) is 8.69. The predicted octanol–water partition coefficient (Wildman–Crippen LogP) is 6.11. The third kappa shape index (κ3) is 6.80. The Kier molecular flexibility index (Phi) is 9.00. The van der Waals surface area contributed by atoms with Gasteiger partial charge in [-0.1, -0.05) is 66.7 Å². The van der Waals surface area contributed by atoms with Crippen LogP contribution in [-0.4, -0.2) is 60.7 Å². The molecular weight excluding hydrogens is 505 g/mol. The fraction of sp³-hybridized carbons (Fsp3) is 0.531. The number of carbonyl (C=O) groups excluding carboxylic acids is 1. The molecule has 2 saturated heterocycles. The molecule has 0 bridgehead atoms. The van der Waals surface area contributed by atoms with E-state index in [0.29, 0.717) is 19.8 Å². The van der Waals surface area contributed by atoms with Gasteiger partial charge in [-0.05, 0) is 70.0 Å². The van der Waals surface area contributed by atoms with E-state index in [-0.39, 0.29) is 49.3 Å². The maximum atomic E-state index is 13.2. The molecule has 2 aromatic carbocycles. The van der Waals surface area contributed by atoms with E-state index < -0.39 is 0 Å². The Bertz CT molecular complexity index is 1140. The minimum Gasteiger partial charge on any atom is -0.445 e. The number of carbonyl (C=O) groups is 1. The number of ether oxygens (including phenoxy) is 3. The maximum Gasteiger partial charge on any atom is 0.490 e.